The van der Waals surface area contributed by atoms with Crippen molar-refractivity contribution in [1.82, 2.24) is 4.90 Å². The molecule has 0 saturated carbocycles. The summed E-state index contributed by atoms with van der Waals surface area (Å²) in [7, 11) is -9.38. The molecule has 0 aliphatic carbocycles. The number of nitrogens with two attached hydrogens (primary N) is 2. The molecule has 11 heteroatoms. The van der Waals surface area contributed by atoms with Gasteiger partial charge in [-0.25, -0.2) is 0 Å². The van der Waals surface area contributed by atoms with Gasteiger partial charge in [0.1, 0.15) is 9.79 Å². The third-order valence-corrected chi connectivity index (χ3v) is 6.00. The van der Waals surface area contributed by atoms with Crippen LogP contribution in [0.1, 0.15) is 59.3 Å². The number of rotatable bonds is 11. The molecule has 0 unspecified atom stereocenters. The lowest BCUT2D eigenvalue weighted by atomic mass is 10.2. The van der Waals surface area contributed by atoms with Gasteiger partial charge in [0.15, 0.2) is 0 Å². The maximum Gasteiger partial charge on any atom is 0.296 e. The van der Waals surface area contributed by atoms with Crippen molar-refractivity contribution < 1.29 is 25.9 Å². The summed E-state index contributed by atoms with van der Waals surface area (Å²) in [6, 6.07) is 1.29. The van der Waals surface area contributed by atoms with Gasteiger partial charge in [-0.1, -0.05) is 40.0 Å². The Bertz CT molecular complexity index is 754. The summed E-state index contributed by atoms with van der Waals surface area (Å²) < 4.78 is 60.7. The van der Waals surface area contributed by atoms with Crippen LogP contribution < -0.4 is 11.5 Å². The molecule has 29 heavy (non-hydrogen) atoms. The zero-order chi connectivity index (χ0) is 22.7. The number of unbranched alkanes of at least 4 members (excludes halogenated alkanes) is 3. The number of hydrogen-bond acceptors (Lipinski definition) is 7. The van der Waals surface area contributed by atoms with Crippen LogP contribution in [0.15, 0.2) is 21.9 Å². The average Bonchev–Trinajstić information content (AvgIpc) is 2.59. The Hall–Kier alpha value is -1.40. The Morgan fingerprint density at radius 3 is 1.28 bits per heavy atom. The number of nitrogens with zero attached hydrogens (tertiary/aromatic N) is 1. The van der Waals surface area contributed by atoms with Crippen molar-refractivity contribution in [2.75, 3.05) is 31.1 Å². The van der Waals surface area contributed by atoms with Crippen LogP contribution in [-0.2, 0) is 20.2 Å². The second kappa shape index (κ2) is 13.0. The van der Waals surface area contributed by atoms with E-state index in [1.807, 2.05) is 0 Å². The fraction of sp³-hybridized carbons (Fsp3) is 0.667. The quantitative estimate of drug-likeness (QED) is 0.291. The lowest BCUT2D eigenvalue weighted by molar-refractivity contribution is 0.261. The second-order valence-electron chi connectivity index (χ2n) is 6.78. The molecule has 0 amide bonds. The summed E-state index contributed by atoms with van der Waals surface area (Å²) in [5.74, 6) is 0. The van der Waals surface area contributed by atoms with E-state index < -0.39 is 41.4 Å². The van der Waals surface area contributed by atoms with E-state index in [9.17, 15) is 16.8 Å². The molecule has 6 N–H and O–H groups in total. The van der Waals surface area contributed by atoms with E-state index in [0.717, 1.165) is 6.07 Å². The fourth-order valence-electron chi connectivity index (χ4n) is 2.52. The van der Waals surface area contributed by atoms with Crippen LogP contribution in [-0.4, -0.2) is 50.5 Å². The molecule has 0 fully saturated rings. The minimum absolute atomic E-state index is 0.424. The maximum atomic E-state index is 10.8. The average molecular weight is 454 g/mol. The molecule has 1 aromatic rings. The van der Waals surface area contributed by atoms with Gasteiger partial charge in [0, 0.05) is 0 Å². The zero-order valence-corrected chi connectivity index (χ0v) is 19.1. The minimum atomic E-state index is -4.69. The lowest BCUT2D eigenvalue weighted by Gasteiger charge is -2.21. The number of benzene rings is 1. The van der Waals surface area contributed by atoms with Crippen LogP contribution in [0.5, 0.6) is 0 Å². The maximum absolute atomic E-state index is 10.8. The van der Waals surface area contributed by atoms with Crippen LogP contribution in [0.2, 0.25) is 0 Å². The van der Waals surface area contributed by atoms with Gasteiger partial charge < -0.3 is 16.4 Å². The van der Waals surface area contributed by atoms with Crippen LogP contribution in [0.25, 0.3) is 0 Å². The predicted molar refractivity (Wildman–Crippen MR) is 116 cm³/mol. The van der Waals surface area contributed by atoms with Crippen molar-refractivity contribution >= 4 is 31.6 Å². The smallest absolute Gasteiger partial charge is 0.296 e. The molecule has 1 aromatic carbocycles. The molecule has 9 nitrogen and oxygen atoms in total. The first-order valence-corrected chi connectivity index (χ1v) is 12.6. The van der Waals surface area contributed by atoms with Crippen LogP contribution in [0.3, 0.4) is 0 Å². The van der Waals surface area contributed by atoms with Gasteiger partial charge >= 0.3 is 0 Å². The largest absolute Gasteiger partial charge is 0.398 e. The van der Waals surface area contributed by atoms with Crippen LogP contribution >= 0.6 is 0 Å². The summed E-state index contributed by atoms with van der Waals surface area (Å²) in [6.07, 6.45) is 8.09. The van der Waals surface area contributed by atoms with E-state index in [1.165, 1.54) is 58.2 Å². The van der Waals surface area contributed by atoms with Crippen molar-refractivity contribution in [2.24, 2.45) is 0 Å². The standard InChI is InChI=1S/C12H27N.C6H8N2O6S2/c1-4-7-10-13(11-8-5-2)12-9-6-3;7-3-1-4(8)6(16(12,13)14)2-5(3)15(9,10)11/h4-12H2,1-3H3;1-2H,7-8H2,(H,9,10,11)(H,12,13,14). The first kappa shape index (κ1) is 27.6. The van der Waals surface area contributed by atoms with Gasteiger partial charge in [0.05, 0.1) is 11.4 Å². The summed E-state index contributed by atoms with van der Waals surface area (Å²) in [5, 5.41) is 0. The molecule has 0 radical (unpaired) electrons. The van der Waals surface area contributed by atoms with Crippen molar-refractivity contribution in [3.63, 3.8) is 0 Å². The molecule has 0 heterocycles. The minimum Gasteiger partial charge on any atom is -0.398 e. The van der Waals surface area contributed by atoms with Gasteiger partial charge in [-0.05, 0) is 51.0 Å². The van der Waals surface area contributed by atoms with Gasteiger partial charge in [-0.2, -0.15) is 16.8 Å². The molecule has 0 aromatic heterocycles. The van der Waals surface area contributed by atoms with Gasteiger partial charge in [0.2, 0.25) is 0 Å². The van der Waals surface area contributed by atoms with Gasteiger partial charge in [0.25, 0.3) is 20.2 Å². The SMILES string of the molecule is CCCCN(CCCC)CCCC.Nc1cc(N)c(S(=O)(=O)O)cc1S(=O)(=O)O. The lowest BCUT2D eigenvalue weighted by Crippen LogP contribution is -2.27. The Balaban J connectivity index is 0.000000555. The van der Waals surface area contributed by atoms with E-state index in [0.29, 0.717) is 6.07 Å². The van der Waals surface area contributed by atoms with E-state index in [2.05, 4.69) is 25.7 Å². The normalized spacial score (nSPS) is 11.9. The van der Waals surface area contributed by atoms with E-state index >= 15 is 0 Å². The van der Waals surface area contributed by atoms with Crippen molar-refractivity contribution in [2.45, 2.75) is 69.1 Å². The van der Waals surface area contributed by atoms with Crippen LogP contribution in [0.4, 0.5) is 11.4 Å². The highest BCUT2D eigenvalue weighted by atomic mass is 32.2. The summed E-state index contributed by atoms with van der Waals surface area (Å²) >= 11 is 0. The van der Waals surface area contributed by atoms with Crippen molar-refractivity contribution in [3.8, 4) is 0 Å². The molecule has 170 valence electrons. The summed E-state index contributed by atoms with van der Waals surface area (Å²) in [6.45, 7) is 10.8. The number of nitrogen functional groups attached to an aromatic ring is 2. The Kier molecular flexibility index (Phi) is 12.4. The molecule has 0 saturated heterocycles. The highest BCUT2D eigenvalue weighted by Crippen LogP contribution is 2.27. The number of anilines is 2. The highest BCUT2D eigenvalue weighted by molar-refractivity contribution is 7.86. The first-order chi connectivity index (χ1) is 13.4. The monoisotopic (exact) mass is 453 g/mol. The molecule has 0 atom stereocenters. The number of hydrogen-bond donors (Lipinski definition) is 4. The topological polar surface area (TPSA) is 164 Å². The van der Waals surface area contributed by atoms with E-state index in [-0.39, 0.29) is 0 Å². The molecular formula is C18H35N3O6S2. The van der Waals surface area contributed by atoms with Crippen LogP contribution in [0, 0.1) is 0 Å². The first-order valence-electron chi connectivity index (χ1n) is 9.74. The Labute approximate surface area is 175 Å². The van der Waals surface area contributed by atoms with E-state index in [1.54, 1.807) is 0 Å². The highest BCUT2D eigenvalue weighted by Gasteiger charge is 2.22. The van der Waals surface area contributed by atoms with Gasteiger partial charge in [-0.15, -0.1) is 0 Å². The summed E-state index contributed by atoms with van der Waals surface area (Å²) in [5.41, 5.74) is 9.60. The molecule has 1 rings (SSSR count). The van der Waals surface area contributed by atoms with Crippen molar-refractivity contribution in [1.29, 1.82) is 0 Å². The molecule has 0 spiro atoms. The second-order valence-corrected chi connectivity index (χ2v) is 9.56. The molecule has 0 aliphatic heterocycles. The Morgan fingerprint density at radius 2 is 1.03 bits per heavy atom. The summed E-state index contributed by atoms with van der Waals surface area (Å²) in [4.78, 5) is 0.958. The zero-order valence-electron chi connectivity index (χ0n) is 17.5. The molecule has 0 bridgehead atoms. The molecule has 0 aliphatic rings. The van der Waals surface area contributed by atoms with E-state index in [4.69, 9.17) is 20.6 Å². The Morgan fingerprint density at radius 1 is 0.724 bits per heavy atom. The third-order valence-electron chi connectivity index (χ3n) is 4.18. The third kappa shape index (κ3) is 10.8. The molecular weight excluding hydrogens is 418 g/mol. The van der Waals surface area contributed by atoms with Crippen molar-refractivity contribution in [3.05, 3.63) is 12.1 Å². The fourth-order valence-corrected chi connectivity index (χ4v) is 3.84. The predicted octanol–water partition coefficient (Wildman–Crippen LogP) is 3.03. The van der Waals surface area contributed by atoms with Gasteiger partial charge in [-0.3, -0.25) is 9.11 Å².